The Morgan fingerprint density at radius 2 is 1.72 bits per heavy atom. The molecule has 0 aromatic heterocycles. The zero-order valence-electron chi connectivity index (χ0n) is 10.3. The van der Waals surface area contributed by atoms with E-state index in [0.717, 1.165) is 34.9 Å². The molecule has 1 saturated carbocycles. The third-order valence-electron chi connectivity index (χ3n) is 3.68. The molecule has 2 fully saturated rings. The zero-order chi connectivity index (χ0) is 12.5. The van der Waals surface area contributed by atoms with Gasteiger partial charge in [0.2, 0.25) is 0 Å². The van der Waals surface area contributed by atoms with Crippen LogP contribution in [0.2, 0.25) is 10.0 Å². The fourth-order valence-electron chi connectivity index (χ4n) is 2.65. The number of hydrogen-bond acceptors (Lipinski definition) is 2. The molecule has 1 unspecified atom stereocenters. The van der Waals surface area contributed by atoms with Crippen LogP contribution in [0.3, 0.4) is 0 Å². The Balaban J connectivity index is 1.70. The highest BCUT2D eigenvalue weighted by atomic mass is 35.5. The smallest absolute Gasteiger partial charge is 0.0441 e. The summed E-state index contributed by atoms with van der Waals surface area (Å²) >= 11 is 12.1. The summed E-state index contributed by atoms with van der Waals surface area (Å²) in [6.45, 7) is 2.16. The van der Waals surface area contributed by atoms with Gasteiger partial charge in [0.25, 0.3) is 0 Å². The standard InChI is InChI=1S/C14H18Cl2N2/c15-10-6-11(16)8-14(7-10)18-5-1-2-13(9-18)17-12-3-4-12/h6-8,12-13,17H,1-5,9H2. The van der Waals surface area contributed by atoms with Crippen molar-refractivity contribution in [2.75, 3.05) is 18.0 Å². The second kappa shape index (κ2) is 5.28. The Kier molecular flexibility index (Phi) is 3.69. The van der Waals surface area contributed by atoms with Crippen LogP contribution in [-0.2, 0) is 0 Å². The summed E-state index contributed by atoms with van der Waals surface area (Å²) in [6.07, 6.45) is 5.20. The van der Waals surface area contributed by atoms with Crippen LogP contribution in [0.1, 0.15) is 25.7 Å². The number of rotatable bonds is 3. The summed E-state index contributed by atoms with van der Waals surface area (Å²) in [7, 11) is 0. The fraction of sp³-hybridized carbons (Fsp3) is 0.571. The van der Waals surface area contributed by atoms with Gasteiger partial charge in [0.15, 0.2) is 0 Å². The maximum Gasteiger partial charge on any atom is 0.0441 e. The van der Waals surface area contributed by atoms with Crippen LogP contribution >= 0.6 is 23.2 Å². The Morgan fingerprint density at radius 3 is 2.39 bits per heavy atom. The molecule has 18 heavy (non-hydrogen) atoms. The van der Waals surface area contributed by atoms with E-state index >= 15 is 0 Å². The van der Waals surface area contributed by atoms with Crippen LogP contribution in [0.5, 0.6) is 0 Å². The lowest BCUT2D eigenvalue weighted by molar-refractivity contribution is 0.420. The van der Waals surface area contributed by atoms with Crippen molar-refractivity contribution in [3.8, 4) is 0 Å². The summed E-state index contributed by atoms with van der Waals surface area (Å²) in [5.41, 5.74) is 1.15. The number of nitrogens with one attached hydrogen (secondary N) is 1. The van der Waals surface area contributed by atoms with E-state index < -0.39 is 0 Å². The number of halogens is 2. The average molecular weight is 285 g/mol. The van der Waals surface area contributed by atoms with E-state index in [4.69, 9.17) is 23.2 Å². The SMILES string of the molecule is Clc1cc(Cl)cc(N2CCCC(NC3CC3)C2)c1. The minimum atomic E-state index is 0.615. The van der Waals surface area contributed by atoms with Crippen molar-refractivity contribution in [3.05, 3.63) is 28.2 Å². The van der Waals surface area contributed by atoms with E-state index in [2.05, 4.69) is 10.2 Å². The first-order valence-corrected chi connectivity index (χ1v) is 7.43. The minimum Gasteiger partial charge on any atom is -0.370 e. The molecule has 1 aliphatic heterocycles. The second-order valence-corrected chi connectivity index (χ2v) is 6.23. The van der Waals surface area contributed by atoms with Crippen LogP contribution < -0.4 is 10.2 Å². The lowest BCUT2D eigenvalue weighted by Gasteiger charge is -2.35. The number of hydrogen-bond donors (Lipinski definition) is 1. The highest BCUT2D eigenvalue weighted by molar-refractivity contribution is 6.35. The molecule has 4 heteroatoms. The van der Waals surface area contributed by atoms with Gasteiger partial charge in [0.05, 0.1) is 0 Å². The number of piperidine rings is 1. The summed E-state index contributed by atoms with van der Waals surface area (Å²) in [6, 6.07) is 7.19. The third-order valence-corrected chi connectivity index (χ3v) is 4.12. The highest BCUT2D eigenvalue weighted by Crippen LogP contribution is 2.28. The van der Waals surface area contributed by atoms with Crippen molar-refractivity contribution < 1.29 is 0 Å². The normalized spacial score (nSPS) is 24.3. The number of benzene rings is 1. The van der Waals surface area contributed by atoms with E-state index in [1.807, 2.05) is 12.1 Å². The molecule has 2 nitrogen and oxygen atoms in total. The van der Waals surface area contributed by atoms with E-state index in [9.17, 15) is 0 Å². The van der Waals surface area contributed by atoms with E-state index in [1.165, 1.54) is 25.7 Å². The molecule has 1 aliphatic carbocycles. The molecule has 1 saturated heterocycles. The second-order valence-electron chi connectivity index (χ2n) is 5.35. The largest absolute Gasteiger partial charge is 0.370 e. The van der Waals surface area contributed by atoms with E-state index in [0.29, 0.717) is 6.04 Å². The molecule has 1 aromatic rings. The molecular formula is C14H18Cl2N2. The van der Waals surface area contributed by atoms with Crippen molar-refractivity contribution in [1.29, 1.82) is 0 Å². The lowest BCUT2D eigenvalue weighted by Crippen LogP contribution is -2.46. The highest BCUT2D eigenvalue weighted by Gasteiger charge is 2.27. The molecule has 1 heterocycles. The molecule has 1 atom stereocenters. The van der Waals surface area contributed by atoms with Gasteiger partial charge in [0.1, 0.15) is 0 Å². The Labute approximate surface area is 118 Å². The van der Waals surface area contributed by atoms with Crippen LogP contribution in [0.4, 0.5) is 5.69 Å². The molecular weight excluding hydrogens is 267 g/mol. The van der Waals surface area contributed by atoms with Crippen molar-refractivity contribution in [2.24, 2.45) is 0 Å². The van der Waals surface area contributed by atoms with Gasteiger partial charge in [-0.2, -0.15) is 0 Å². The third kappa shape index (κ3) is 3.11. The predicted molar refractivity (Wildman–Crippen MR) is 77.9 cm³/mol. The van der Waals surface area contributed by atoms with Gasteiger partial charge in [-0.1, -0.05) is 23.2 Å². The molecule has 1 aromatic carbocycles. The summed E-state index contributed by atoms with van der Waals surface area (Å²) in [5.74, 6) is 0. The van der Waals surface area contributed by atoms with E-state index in [1.54, 1.807) is 6.07 Å². The van der Waals surface area contributed by atoms with Crippen molar-refractivity contribution in [1.82, 2.24) is 5.32 Å². The topological polar surface area (TPSA) is 15.3 Å². The molecule has 0 bridgehead atoms. The monoisotopic (exact) mass is 284 g/mol. The first-order chi connectivity index (χ1) is 8.70. The summed E-state index contributed by atoms with van der Waals surface area (Å²) in [5, 5.41) is 5.15. The van der Waals surface area contributed by atoms with Crippen LogP contribution in [0.15, 0.2) is 18.2 Å². The fourth-order valence-corrected chi connectivity index (χ4v) is 3.17. The van der Waals surface area contributed by atoms with Crippen LogP contribution in [0, 0.1) is 0 Å². The van der Waals surface area contributed by atoms with Gasteiger partial charge in [-0.3, -0.25) is 0 Å². The maximum atomic E-state index is 6.07. The van der Waals surface area contributed by atoms with E-state index in [-0.39, 0.29) is 0 Å². The Morgan fingerprint density at radius 1 is 1.00 bits per heavy atom. The first kappa shape index (κ1) is 12.6. The Bertz CT molecular complexity index is 412. The average Bonchev–Trinajstić information content (AvgIpc) is 3.12. The number of anilines is 1. The number of nitrogens with zero attached hydrogens (tertiary/aromatic N) is 1. The Hall–Kier alpha value is -0.440. The van der Waals surface area contributed by atoms with Crippen molar-refractivity contribution >= 4 is 28.9 Å². The van der Waals surface area contributed by atoms with Gasteiger partial charge in [-0.05, 0) is 43.9 Å². The molecule has 1 N–H and O–H groups in total. The summed E-state index contributed by atoms with van der Waals surface area (Å²) in [4.78, 5) is 2.39. The van der Waals surface area contributed by atoms with Crippen molar-refractivity contribution in [2.45, 2.75) is 37.8 Å². The summed E-state index contributed by atoms with van der Waals surface area (Å²) < 4.78 is 0. The maximum absolute atomic E-state index is 6.07. The van der Waals surface area contributed by atoms with Gasteiger partial charge in [-0.15, -0.1) is 0 Å². The molecule has 0 amide bonds. The van der Waals surface area contributed by atoms with Crippen molar-refractivity contribution in [3.63, 3.8) is 0 Å². The quantitative estimate of drug-likeness (QED) is 0.910. The van der Waals surface area contributed by atoms with Gasteiger partial charge >= 0.3 is 0 Å². The van der Waals surface area contributed by atoms with Gasteiger partial charge in [0, 0.05) is 40.9 Å². The molecule has 0 spiro atoms. The van der Waals surface area contributed by atoms with Gasteiger partial charge in [-0.25, -0.2) is 0 Å². The van der Waals surface area contributed by atoms with Crippen LogP contribution in [0.25, 0.3) is 0 Å². The molecule has 2 aliphatic rings. The molecule has 0 radical (unpaired) electrons. The first-order valence-electron chi connectivity index (χ1n) is 6.68. The van der Waals surface area contributed by atoms with Gasteiger partial charge < -0.3 is 10.2 Å². The zero-order valence-corrected chi connectivity index (χ0v) is 11.8. The predicted octanol–water partition coefficient (Wildman–Crippen LogP) is 3.71. The lowest BCUT2D eigenvalue weighted by atomic mass is 10.0. The minimum absolute atomic E-state index is 0.615. The molecule has 3 rings (SSSR count). The van der Waals surface area contributed by atoms with Crippen LogP contribution in [-0.4, -0.2) is 25.2 Å². The molecule has 98 valence electrons.